The maximum Gasteiger partial charge on any atom is 0.157 e. The van der Waals surface area contributed by atoms with Crippen molar-refractivity contribution < 1.29 is 70.2 Å². The monoisotopic (exact) mass is 895 g/mol. The second-order valence-corrected chi connectivity index (χ2v) is 38.0. The number of hydrogen-bond acceptors (Lipinski definition) is 0. The largest absolute Gasteiger partial charge is 0.207 e. The van der Waals surface area contributed by atoms with Crippen LogP contribution >= 0.6 is 0 Å². The van der Waals surface area contributed by atoms with Crippen molar-refractivity contribution in [3.8, 4) is 0 Å². The van der Waals surface area contributed by atoms with Crippen LogP contribution in [0.4, 0.5) is 70.2 Å². The van der Waals surface area contributed by atoms with Gasteiger partial charge in [-0.15, -0.1) is 21.9 Å². The predicted octanol–water partition coefficient (Wildman–Crippen LogP) is 7.47. The molecule has 4 rings (SSSR count). The molecule has 21 heteroatoms. The Balaban J connectivity index is 2.76. The highest BCUT2D eigenvalue weighted by Crippen LogP contribution is 2.29. The van der Waals surface area contributed by atoms with E-state index in [-0.39, 0.29) is 0 Å². The first-order valence-electron chi connectivity index (χ1n) is 17.2. The van der Waals surface area contributed by atoms with Crippen LogP contribution in [-0.2, 0) is 0 Å². The minimum absolute atomic E-state index is 1.09. The molecule has 4 aromatic carbocycles. The van der Waals surface area contributed by atoms with Crippen molar-refractivity contribution in [2.75, 3.05) is 0 Å². The summed E-state index contributed by atoms with van der Waals surface area (Å²) in [5.74, 6) is -44.3. The Bertz CT molecular complexity index is 1920. The van der Waals surface area contributed by atoms with Gasteiger partial charge < -0.3 is 0 Å². The van der Waals surface area contributed by atoms with Crippen LogP contribution in [0.3, 0.4) is 0 Å². The fourth-order valence-electron chi connectivity index (χ4n) is 7.62. The van der Waals surface area contributed by atoms with E-state index in [9.17, 15) is 0 Å². The van der Waals surface area contributed by atoms with Crippen LogP contribution in [0, 0.1) is 93.1 Å². The number of rotatable bonds is 8. The van der Waals surface area contributed by atoms with Gasteiger partial charge >= 0.3 is 0 Å². The van der Waals surface area contributed by atoms with Gasteiger partial charge in [-0.05, 0) is 0 Å². The Kier molecular flexibility index (Phi) is 11.8. The van der Waals surface area contributed by atoms with Crippen molar-refractivity contribution in [2.24, 2.45) is 0 Å². The van der Waals surface area contributed by atoms with Crippen molar-refractivity contribution in [3.63, 3.8) is 0 Å². The van der Waals surface area contributed by atoms with Crippen LogP contribution in [0.2, 0.25) is 78.6 Å². The number of halogens is 16. The lowest BCUT2D eigenvalue weighted by Gasteiger charge is -2.46. The zero-order valence-corrected chi connectivity index (χ0v) is 36.6. The highest BCUT2D eigenvalue weighted by atomic mass is 28.3. The van der Waals surface area contributed by atoms with Gasteiger partial charge in [0.15, 0.2) is 46.5 Å². The van der Waals surface area contributed by atoms with E-state index < -0.39 is 174 Å². The van der Waals surface area contributed by atoms with E-state index in [2.05, 4.69) is 0 Å². The third-order valence-electron chi connectivity index (χ3n) is 9.92. The molecule has 0 N–H and O–H groups in total. The Labute approximate surface area is 322 Å². The summed E-state index contributed by atoms with van der Waals surface area (Å²) in [7, 11) is -14.9. The zero-order chi connectivity index (χ0) is 44.4. The van der Waals surface area contributed by atoms with Gasteiger partial charge in [-0.25, -0.2) is 70.2 Å². The first kappa shape index (κ1) is 46.4. The summed E-state index contributed by atoms with van der Waals surface area (Å²) >= 11 is 0. The third kappa shape index (κ3) is 6.84. The van der Waals surface area contributed by atoms with E-state index in [1.54, 1.807) is 0 Å². The van der Waals surface area contributed by atoms with Gasteiger partial charge in [0.25, 0.3) is 0 Å². The molecule has 0 saturated carbocycles. The number of benzene rings is 4. The van der Waals surface area contributed by atoms with Gasteiger partial charge in [0.2, 0.25) is 0 Å². The summed E-state index contributed by atoms with van der Waals surface area (Å²) in [6.45, 7) is 13.0. The maximum atomic E-state index is 17.0. The number of hydrogen-bond donors (Lipinski definition) is 0. The Morgan fingerprint density at radius 3 is 0.404 bits per heavy atom. The molecule has 0 amide bonds. The van der Waals surface area contributed by atoms with Crippen LogP contribution in [0.25, 0.3) is 0 Å². The van der Waals surface area contributed by atoms with E-state index in [1.807, 2.05) is 0 Å². The molecule has 0 aliphatic rings. The summed E-state index contributed by atoms with van der Waals surface area (Å²) in [5, 5.41) is -5.73. The Hall–Kier alpha value is -3.31. The third-order valence-corrected chi connectivity index (χ3v) is 17.7. The molecule has 0 fully saturated rings. The summed E-state index contributed by atoms with van der Waals surface area (Å²) in [6.07, 6.45) is -6.65. The lowest BCUT2D eigenvalue weighted by Crippen LogP contribution is -2.82. The molecule has 0 aromatic heterocycles. The molecule has 0 radical (unpaired) electrons. The van der Waals surface area contributed by atoms with Crippen LogP contribution < -0.4 is 42.6 Å². The molecule has 0 bridgehead atoms. The lowest BCUT2D eigenvalue weighted by atomic mass is 9.12. The Morgan fingerprint density at radius 2 is 0.316 bits per heavy atom. The van der Waals surface area contributed by atoms with Crippen molar-refractivity contribution in [1.29, 1.82) is 0 Å². The fourth-order valence-corrected chi connectivity index (χ4v) is 13.8. The molecule has 0 nitrogen and oxygen atoms in total. The molecule has 0 aliphatic heterocycles. The highest BCUT2D eigenvalue weighted by Gasteiger charge is 2.53. The smallest absolute Gasteiger partial charge is 0.157 e. The molecule has 57 heavy (non-hydrogen) atoms. The predicted molar refractivity (Wildman–Crippen MR) is 201 cm³/mol. The van der Waals surface area contributed by atoms with Gasteiger partial charge in [0.1, 0.15) is 52.7 Å². The van der Waals surface area contributed by atoms with Gasteiger partial charge in [0, 0.05) is 20.7 Å². The summed E-state index contributed by atoms with van der Waals surface area (Å²) in [6, 6.07) is 0. The van der Waals surface area contributed by atoms with Gasteiger partial charge in [0.05, 0.1) is 32.3 Å². The van der Waals surface area contributed by atoms with E-state index in [4.69, 9.17) is 0 Å². The zero-order valence-electron chi connectivity index (χ0n) is 32.6. The molecule has 4 aromatic rings. The van der Waals surface area contributed by atoms with Gasteiger partial charge in [-0.3, -0.25) is 0 Å². The molecule has 0 heterocycles. The molecule has 0 atom stereocenters. The lowest BCUT2D eigenvalue weighted by molar-refractivity contribution is 0.461. The Morgan fingerprint density at radius 1 is 0.211 bits per heavy atom. The molecular weight excluding hydrogens is 860 g/mol. The normalized spacial score (nSPS) is 13.3. The summed E-state index contributed by atoms with van der Waals surface area (Å²) < 4.78 is 266. The summed E-state index contributed by atoms with van der Waals surface area (Å²) in [4.78, 5) is 0. The fraction of sp³-hybridized carbons (Fsp3) is 0.333. The van der Waals surface area contributed by atoms with Gasteiger partial charge in [-0.2, -0.15) is 0 Å². The molecule has 312 valence electrons. The van der Waals surface area contributed by atoms with Crippen LogP contribution in [0.15, 0.2) is 0 Å². The first-order valence-corrected chi connectivity index (χ1v) is 31.2. The average molecular weight is 896 g/mol. The quantitative estimate of drug-likeness (QED) is 0.0980. The molecule has 0 saturated heterocycles. The van der Waals surface area contributed by atoms with Crippen LogP contribution in [0.1, 0.15) is 0 Å². The average Bonchev–Trinajstić information content (AvgIpc) is 3.02. The first-order chi connectivity index (χ1) is 25.5. The van der Waals surface area contributed by atoms with E-state index in [0.29, 0.717) is 0 Å². The van der Waals surface area contributed by atoms with E-state index >= 15 is 70.2 Å². The minimum atomic E-state index is -6.65. The molecule has 0 aliphatic carbocycles. The van der Waals surface area contributed by atoms with E-state index in [0.717, 1.165) is 78.6 Å². The molecule has 0 unspecified atom stereocenters. The van der Waals surface area contributed by atoms with Crippen LogP contribution in [-0.4, -0.2) is 38.4 Å². The summed E-state index contributed by atoms with van der Waals surface area (Å²) in [5.41, 5.74) is -11.7. The van der Waals surface area contributed by atoms with Crippen molar-refractivity contribution in [3.05, 3.63) is 93.1 Å². The van der Waals surface area contributed by atoms with Crippen molar-refractivity contribution >= 4 is 81.0 Å². The SMILES string of the molecule is C[Si](C)(C)c1c(F)c(F)c([B-](c2c(F)c(F)c([Si](C)(C)C)c(F)c2F)(c2c(F)c(F)c([Si](C)(C)C)c(F)c2F)c2c(F)c(F)c([Si](C)(C)C)c(F)c2F)c(F)c1F. The molecule has 0 spiro atoms. The van der Waals surface area contributed by atoms with Crippen molar-refractivity contribution in [1.82, 2.24) is 0 Å². The maximum absolute atomic E-state index is 17.0. The van der Waals surface area contributed by atoms with Gasteiger partial charge in [-0.1, -0.05) is 78.6 Å². The molecular formula is C36H36BF16Si4-. The second kappa shape index (κ2) is 14.5. The standard InChI is InChI=1S/C36H36BF16Si4/c1-54(2,3)33-25(46)17(38)13(18(39)26(33)47)37(14-19(40)27(48)34(55(4,5)6)28(49)20(14)41,15-21(42)29(50)35(56(7,8)9)30(51)22(15)43)16-23(44)31(52)36(57(10,11)12)32(53)24(16)45/h1-12H3/q-1. The second-order valence-electron chi connectivity index (χ2n) is 18.0. The van der Waals surface area contributed by atoms with Crippen molar-refractivity contribution in [2.45, 2.75) is 78.6 Å². The minimum Gasteiger partial charge on any atom is -0.207 e. The topological polar surface area (TPSA) is 0 Å². The highest BCUT2D eigenvalue weighted by molar-refractivity contribution is 7.20. The van der Waals surface area contributed by atoms with E-state index in [1.165, 1.54) is 0 Å². The van der Waals surface area contributed by atoms with Crippen LogP contribution in [0.5, 0.6) is 0 Å².